The fraction of sp³-hybridized carbons (Fsp3) is 0.438. The van der Waals surface area contributed by atoms with Crippen molar-refractivity contribution in [2.45, 2.75) is 26.3 Å². The summed E-state index contributed by atoms with van der Waals surface area (Å²) >= 11 is 1.61. The van der Waals surface area contributed by atoms with E-state index in [1.54, 1.807) is 28.6 Å². The predicted molar refractivity (Wildman–Crippen MR) is 85.8 cm³/mol. The first kappa shape index (κ1) is 15.7. The van der Waals surface area contributed by atoms with Crippen LogP contribution in [0.25, 0.3) is 0 Å². The zero-order valence-corrected chi connectivity index (χ0v) is 13.8. The second-order valence-corrected chi connectivity index (χ2v) is 6.72. The molecule has 0 spiro atoms. The Morgan fingerprint density at radius 1 is 1.57 bits per heavy atom. The third kappa shape index (κ3) is 3.98. The molecule has 2 aromatic heterocycles. The summed E-state index contributed by atoms with van der Waals surface area (Å²) in [6, 6.07) is 3.62. The first-order valence-corrected chi connectivity index (χ1v) is 8.48. The van der Waals surface area contributed by atoms with Crippen LogP contribution in [0.15, 0.2) is 28.2 Å². The number of furan rings is 1. The minimum absolute atomic E-state index is 0.00308. The molecule has 1 saturated heterocycles. The smallest absolute Gasteiger partial charge is 0.225 e. The summed E-state index contributed by atoms with van der Waals surface area (Å²) in [5.74, 6) is 0.386. The molecule has 7 heteroatoms. The number of hydrogen-bond donors (Lipinski definition) is 1. The second-order valence-electron chi connectivity index (χ2n) is 5.65. The highest BCUT2D eigenvalue weighted by molar-refractivity contribution is 7.09. The maximum atomic E-state index is 12.2. The van der Waals surface area contributed by atoms with Crippen molar-refractivity contribution in [1.29, 1.82) is 0 Å². The van der Waals surface area contributed by atoms with Crippen LogP contribution in [-0.2, 0) is 22.6 Å². The summed E-state index contributed by atoms with van der Waals surface area (Å²) in [5.41, 5.74) is 0.995. The van der Waals surface area contributed by atoms with Gasteiger partial charge in [0, 0.05) is 31.3 Å². The van der Waals surface area contributed by atoms with Gasteiger partial charge in [0.25, 0.3) is 0 Å². The van der Waals surface area contributed by atoms with E-state index < -0.39 is 0 Å². The molecule has 0 bridgehead atoms. The van der Waals surface area contributed by atoms with Gasteiger partial charge in [0.2, 0.25) is 11.8 Å². The van der Waals surface area contributed by atoms with Gasteiger partial charge in [0.05, 0.1) is 29.4 Å². The van der Waals surface area contributed by atoms with Crippen molar-refractivity contribution in [3.05, 3.63) is 40.2 Å². The number of thiazole rings is 1. The van der Waals surface area contributed by atoms with Crippen LogP contribution < -0.4 is 5.32 Å². The van der Waals surface area contributed by atoms with Crippen LogP contribution in [0.3, 0.4) is 0 Å². The van der Waals surface area contributed by atoms with Crippen LogP contribution in [0.1, 0.15) is 22.9 Å². The number of rotatable bonds is 6. The van der Waals surface area contributed by atoms with Gasteiger partial charge >= 0.3 is 0 Å². The lowest BCUT2D eigenvalue weighted by atomic mass is 10.1. The van der Waals surface area contributed by atoms with Crippen molar-refractivity contribution in [2.75, 3.05) is 13.1 Å². The molecular formula is C16H19N3O3S. The molecule has 1 atom stereocenters. The average molecular weight is 333 g/mol. The maximum Gasteiger partial charge on any atom is 0.225 e. The maximum absolute atomic E-state index is 12.2. The van der Waals surface area contributed by atoms with Crippen LogP contribution in [0, 0.1) is 12.8 Å². The largest absolute Gasteiger partial charge is 0.467 e. The molecule has 1 unspecified atom stereocenters. The van der Waals surface area contributed by atoms with Gasteiger partial charge in [-0.2, -0.15) is 0 Å². The van der Waals surface area contributed by atoms with Crippen LogP contribution in [0.2, 0.25) is 0 Å². The Morgan fingerprint density at radius 3 is 3.13 bits per heavy atom. The molecule has 23 heavy (non-hydrogen) atoms. The summed E-state index contributed by atoms with van der Waals surface area (Å²) < 4.78 is 5.25. The number of nitrogens with one attached hydrogen (secondary N) is 1. The second kappa shape index (κ2) is 6.95. The standard InChI is InChI=1S/C16H19N3O3S/c1-11-18-13(10-23-11)4-5-17-16(21)12-7-15(20)19(8-12)9-14-3-2-6-22-14/h2-3,6,10,12H,4-5,7-9H2,1H3,(H,17,21). The summed E-state index contributed by atoms with van der Waals surface area (Å²) in [6.45, 7) is 3.38. The van der Waals surface area contributed by atoms with E-state index in [1.165, 1.54) is 0 Å². The fourth-order valence-corrected chi connectivity index (χ4v) is 3.32. The Hall–Kier alpha value is -2.15. The number of hydrogen-bond acceptors (Lipinski definition) is 5. The average Bonchev–Trinajstić information content (AvgIpc) is 3.23. The highest BCUT2D eigenvalue weighted by Crippen LogP contribution is 2.20. The molecule has 1 fully saturated rings. The third-order valence-corrected chi connectivity index (χ3v) is 4.68. The number of nitrogens with zero attached hydrogens (tertiary/aromatic N) is 2. The van der Waals surface area contributed by atoms with E-state index in [0.29, 0.717) is 26.1 Å². The van der Waals surface area contributed by atoms with Crippen LogP contribution >= 0.6 is 11.3 Å². The molecule has 2 amide bonds. The minimum Gasteiger partial charge on any atom is -0.467 e. The fourth-order valence-electron chi connectivity index (χ4n) is 2.67. The number of likely N-dealkylation sites (tertiary alicyclic amines) is 1. The highest BCUT2D eigenvalue weighted by Gasteiger charge is 2.34. The molecule has 0 saturated carbocycles. The number of amides is 2. The topological polar surface area (TPSA) is 75.4 Å². The van der Waals surface area contributed by atoms with E-state index in [9.17, 15) is 9.59 Å². The Bertz CT molecular complexity index is 681. The summed E-state index contributed by atoms with van der Waals surface area (Å²) in [4.78, 5) is 30.3. The molecule has 1 N–H and O–H groups in total. The first-order chi connectivity index (χ1) is 11.1. The Morgan fingerprint density at radius 2 is 2.43 bits per heavy atom. The van der Waals surface area contributed by atoms with E-state index >= 15 is 0 Å². The molecule has 0 aromatic carbocycles. The van der Waals surface area contributed by atoms with Crippen molar-refractivity contribution in [3.63, 3.8) is 0 Å². The van der Waals surface area contributed by atoms with Crippen molar-refractivity contribution in [1.82, 2.24) is 15.2 Å². The predicted octanol–water partition coefficient (Wildman–Crippen LogP) is 1.75. The van der Waals surface area contributed by atoms with Crippen LogP contribution in [0.5, 0.6) is 0 Å². The number of carbonyl (C=O) groups excluding carboxylic acids is 2. The lowest BCUT2D eigenvalue weighted by molar-refractivity contribution is -0.129. The van der Waals surface area contributed by atoms with Gasteiger partial charge in [-0.25, -0.2) is 4.98 Å². The molecule has 2 aromatic rings. The van der Waals surface area contributed by atoms with Crippen molar-refractivity contribution < 1.29 is 14.0 Å². The van der Waals surface area contributed by atoms with E-state index in [4.69, 9.17) is 4.42 Å². The number of carbonyl (C=O) groups is 2. The molecule has 1 aliphatic heterocycles. The van der Waals surface area contributed by atoms with E-state index in [1.807, 2.05) is 18.4 Å². The van der Waals surface area contributed by atoms with Crippen molar-refractivity contribution in [2.24, 2.45) is 5.92 Å². The molecule has 0 radical (unpaired) electrons. The summed E-state index contributed by atoms with van der Waals surface area (Å²) in [6.07, 6.45) is 2.56. The van der Waals surface area contributed by atoms with Gasteiger partial charge < -0.3 is 14.6 Å². The van der Waals surface area contributed by atoms with Crippen molar-refractivity contribution >= 4 is 23.2 Å². The van der Waals surface area contributed by atoms with Gasteiger partial charge in [0.15, 0.2) is 0 Å². The quantitative estimate of drug-likeness (QED) is 0.874. The lowest BCUT2D eigenvalue weighted by Gasteiger charge is -2.15. The molecule has 122 valence electrons. The first-order valence-electron chi connectivity index (χ1n) is 7.60. The lowest BCUT2D eigenvalue weighted by Crippen LogP contribution is -2.34. The minimum atomic E-state index is -0.283. The molecule has 3 heterocycles. The zero-order valence-electron chi connectivity index (χ0n) is 12.9. The number of aromatic nitrogens is 1. The Labute approximate surface area is 138 Å². The van der Waals surface area contributed by atoms with Gasteiger partial charge in [-0.15, -0.1) is 11.3 Å². The number of aryl methyl sites for hydroxylation is 1. The molecule has 1 aliphatic rings. The van der Waals surface area contributed by atoms with Gasteiger partial charge in [-0.1, -0.05) is 0 Å². The molecule has 3 rings (SSSR count). The molecular weight excluding hydrogens is 314 g/mol. The SMILES string of the molecule is Cc1nc(CCNC(=O)C2CC(=O)N(Cc3ccco3)C2)cs1. The van der Waals surface area contributed by atoms with Crippen molar-refractivity contribution in [3.8, 4) is 0 Å². The normalized spacial score (nSPS) is 17.7. The van der Waals surface area contributed by atoms with Crippen LogP contribution in [0.4, 0.5) is 0 Å². The summed E-state index contributed by atoms with van der Waals surface area (Å²) in [7, 11) is 0. The monoisotopic (exact) mass is 333 g/mol. The van der Waals surface area contributed by atoms with Crippen LogP contribution in [-0.4, -0.2) is 34.8 Å². The van der Waals surface area contributed by atoms with E-state index in [0.717, 1.165) is 16.5 Å². The summed E-state index contributed by atoms with van der Waals surface area (Å²) in [5, 5.41) is 5.94. The zero-order chi connectivity index (χ0) is 16.2. The Balaban J connectivity index is 1.45. The van der Waals surface area contributed by atoms with E-state index in [-0.39, 0.29) is 24.2 Å². The molecule has 6 nitrogen and oxygen atoms in total. The van der Waals surface area contributed by atoms with Gasteiger partial charge in [0.1, 0.15) is 5.76 Å². The molecule has 0 aliphatic carbocycles. The van der Waals surface area contributed by atoms with E-state index in [2.05, 4.69) is 10.3 Å². The third-order valence-electron chi connectivity index (χ3n) is 3.86. The Kier molecular flexibility index (Phi) is 4.76. The highest BCUT2D eigenvalue weighted by atomic mass is 32.1. The van der Waals surface area contributed by atoms with Gasteiger partial charge in [-0.3, -0.25) is 9.59 Å². The van der Waals surface area contributed by atoms with Gasteiger partial charge in [-0.05, 0) is 19.1 Å².